The minimum Gasteiger partial charge on any atom is -0.495 e. The van der Waals surface area contributed by atoms with Crippen LogP contribution in [-0.4, -0.2) is 31.7 Å². The van der Waals surface area contributed by atoms with E-state index < -0.39 is 18.0 Å². The quantitative estimate of drug-likeness (QED) is 0.662. The number of carbonyl (C=O) groups excluding carboxylic acids is 2. The van der Waals surface area contributed by atoms with Gasteiger partial charge in [-0.05, 0) is 56.2 Å². The number of anilines is 1. The molecule has 0 fully saturated rings. The highest BCUT2D eigenvalue weighted by atomic mass is 35.5. The molecular weight excluding hydrogens is 382 g/mol. The lowest BCUT2D eigenvalue weighted by molar-refractivity contribution is -0.153. The summed E-state index contributed by atoms with van der Waals surface area (Å²) in [6, 6.07) is 10.7. The van der Waals surface area contributed by atoms with Gasteiger partial charge in [0.25, 0.3) is 5.91 Å². The van der Waals surface area contributed by atoms with E-state index in [2.05, 4.69) is 5.32 Å². The lowest BCUT2D eigenvalue weighted by Crippen LogP contribution is -2.30. The highest BCUT2D eigenvalue weighted by Crippen LogP contribution is 2.27. The highest BCUT2D eigenvalue weighted by Gasteiger charge is 2.19. The van der Waals surface area contributed by atoms with Gasteiger partial charge in [0.15, 0.2) is 6.10 Å². The molecule has 2 aromatic carbocycles. The number of halogens is 1. The van der Waals surface area contributed by atoms with Crippen LogP contribution in [0.1, 0.15) is 24.5 Å². The summed E-state index contributed by atoms with van der Waals surface area (Å²) in [5, 5.41) is 3.09. The molecule has 28 heavy (non-hydrogen) atoms. The molecule has 1 N–H and O–H groups in total. The molecule has 1 unspecified atom stereocenters. The molecule has 2 aromatic rings. The summed E-state index contributed by atoms with van der Waals surface area (Å²) in [4.78, 5) is 24.3. The van der Waals surface area contributed by atoms with Crippen molar-refractivity contribution in [2.24, 2.45) is 0 Å². The smallest absolute Gasteiger partial charge is 0.310 e. The Morgan fingerprint density at radius 3 is 2.57 bits per heavy atom. The first-order valence-electron chi connectivity index (χ1n) is 8.84. The van der Waals surface area contributed by atoms with Crippen LogP contribution in [0.25, 0.3) is 0 Å². The topological polar surface area (TPSA) is 73.9 Å². The van der Waals surface area contributed by atoms with Crippen LogP contribution >= 0.6 is 11.6 Å². The molecule has 0 heterocycles. The standard InChI is InChI=1S/C21H24ClNO5/c1-13-5-6-14(2)19(11-13)27-10-9-20(24)28-15(3)21(25)23-17-12-16(22)7-8-18(17)26-4/h5-8,11-12,15H,9-10H2,1-4H3,(H,23,25). The minimum absolute atomic E-state index is 0.0332. The van der Waals surface area contributed by atoms with Gasteiger partial charge in [-0.15, -0.1) is 0 Å². The molecule has 0 aromatic heterocycles. The van der Waals surface area contributed by atoms with E-state index in [4.69, 9.17) is 25.8 Å². The van der Waals surface area contributed by atoms with Crippen LogP contribution < -0.4 is 14.8 Å². The van der Waals surface area contributed by atoms with Crippen LogP contribution in [0.2, 0.25) is 5.02 Å². The number of rotatable bonds is 8. The molecule has 1 atom stereocenters. The maximum Gasteiger partial charge on any atom is 0.310 e. The van der Waals surface area contributed by atoms with Gasteiger partial charge in [0, 0.05) is 5.02 Å². The molecule has 0 aliphatic carbocycles. The van der Waals surface area contributed by atoms with E-state index in [1.807, 2.05) is 32.0 Å². The summed E-state index contributed by atoms with van der Waals surface area (Å²) in [5.74, 6) is 0.181. The second-order valence-electron chi connectivity index (χ2n) is 6.33. The average Bonchev–Trinajstić information content (AvgIpc) is 2.64. The van der Waals surface area contributed by atoms with E-state index in [0.29, 0.717) is 16.5 Å². The molecule has 1 amide bonds. The third-order valence-electron chi connectivity index (χ3n) is 4.00. The number of aryl methyl sites for hydroxylation is 2. The molecule has 2 rings (SSSR count). The number of methoxy groups -OCH3 is 1. The zero-order valence-electron chi connectivity index (χ0n) is 16.4. The molecule has 0 spiro atoms. The van der Waals surface area contributed by atoms with Crippen molar-refractivity contribution >= 4 is 29.2 Å². The van der Waals surface area contributed by atoms with E-state index in [-0.39, 0.29) is 13.0 Å². The molecular formula is C21H24ClNO5. The van der Waals surface area contributed by atoms with Gasteiger partial charge in [0.2, 0.25) is 0 Å². The fourth-order valence-corrected chi connectivity index (χ4v) is 2.60. The Hall–Kier alpha value is -2.73. The Kier molecular flexibility index (Phi) is 7.70. The predicted molar refractivity (Wildman–Crippen MR) is 108 cm³/mol. The first kappa shape index (κ1) is 21.6. The Balaban J connectivity index is 1.84. The van der Waals surface area contributed by atoms with Crippen LogP contribution in [0.3, 0.4) is 0 Å². The van der Waals surface area contributed by atoms with Gasteiger partial charge in [-0.25, -0.2) is 0 Å². The average molecular weight is 406 g/mol. The van der Waals surface area contributed by atoms with Crippen LogP contribution in [0.15, 0.2) is 36.4 Å². The van der Waals surface area contributed by atoms with Gasteiger partial charge in [0.05, 0.1) is 25.8 Å². The summed E-state index contributed by atoms with van der Waals surface area (Å²) in [7, 11) is 1.48. The van der Waals surface area contributed by atoms with E-state index in [9.17, 15) is 9.59 Å². The number of benzene rings is 2. The number of hydrogen-bond donors (Lipinski definition) is 1. The molecule has 0 radical (unpaired) electrons. The Labute approximate surface area is 169 Å². The van der Waals surface area contributed by atoms with Crippen LogP contribution in [0.5, 0.6) is 11.5 Å². The fourth-order valence-electron chi connectivity index (χ4n) is 2.43. The number of nitrogens with one attached hydrogen (secondary N) is 1. The molecule has 0 saturated heterocycles. The molecule has 0 aliphatic rings. The van der Waals surface area contributed by atoms with Crippen molar-refractivity contribution in [3.8, 4) is 11.5 Å². The van der Waals surface area contributed by atoms with E-state index in [0.717, 1.165) is 16.9 Å². The lowest BCUT2D eigenvalue weighted by atomic mass is 10.1. The number of carbonyl (C=O) groups is 2. The third kappa shape index (κ3) is 6.16. The maximum atomic E-state index is 12.3. The number of amides is 1. The largest absolute Gasteiger partial charge is 0.495 e. The summed E-state index contributed by atoms with van der Waals surface area (Å²) in [6.45, 7) is 5.56. The van der Waals surface area contributed by atoms with Crippen LogP contribution in [-0.2, 0) is 14.3 Å². The van der Waals surface area contributed by atoms with Crippen molar-refractivity contribution in [1.29, 1.82) is 0 Å². The van der Waals surface area contributed by atoms with Crippen molar-refractivity contribution in [2.75, 3.05) is 19.0 Å². The first-order valence-corrected chi connectivity index (χ1v) is 9.22. The van der Waals surface area contributed by atoms with Gasteiger partial charge in [-0.1, -0.05) is 23.7 Å². The van der Waals surface area contributed by atoms with Crippen molar-refractivity contribution < 1.29 is 23.8 Å². The second-order valence-corrected chi connectivity index (χ2v) is 6.77. The summed E-state index contributed by atoms with van der Waals surface area (Å²) < 4.78 is 16.0. The molecule has 0 bridgehead atoms. The SMILES string of the molecule is COc1ccc(Cl)cc1NC(=O)C(C)OC(=O)CCOc1cc(C)ccc1C. The third-order valence-corrected chi connectivity index (χ3v) is 4.24. The van der Waals surface area contributed by atoms with Gasteiger partial charge in [-0.2, -0.15) is 0 Å². The summed E-state index contributed by atoms with van der Waals surface area (Å²) in [5.41, 5.74) is 2.47. The molecule has 150 valence electrons. The molecule has 7 heteroatoms. The monoisotopic (exact) mass is 405 g/mol. The summed E-state index contributed by atoms with van der Waals surface area (Å²) >= 11 is 5.94. The molecule has 0 aliphatic heterocycles. The van der Waals surface area contributed by atoms with E-state index >= 15 is 0 Å². The highest BCUT2D eigenvalue weighted by molar-refractivity contribution is 6.31. The van der Waals surface area contributed by atoms with Gasteiger partial charge < -0.3 is 19.5 Å². The van der Waals surface area contributed by atoms with Crippen LogP contribution in [0, 0.1) is 13.8 Å². The number of hydrogen-bond acceptors (Lipinski definition) is 5. The fraction of sp³-hybridized carbons (Fsp3) is 0.333. The predicted octanol–water partition coefficient (Wildman–Crippen LogP) is 4.30. The van der Waals surface area contributed by atoms with Gasteiger partial charge in [0.1, 0.15) is 11.5 Å². The minimum atomic E-state index is -0.975. The second kappa shape index (κ2) is 9.99. The Morgan fingerprint density at radius 2 is 1.86 bits per heavy atom. The normalized spacial score (nSPS) is 11.5. The van der Waals surface area contributed by atoms with E-state index in [1.54, 1.807) is 18.2 Å². The maximum absolute atomic E-state index is 12.3. The number of esters is 1. The molecule has 6 nitrogen and oxygen atoms in total. The molecule has 0 saturated carbocycles. The van der Waals surface area contributed by atoms with Crippen molar-refractivity contribution in [2.45, 2.75) is 33.3 Å². The Bertz CT molecular complexity index is 853. The zero-order chi connectivity index (χ0) is 20.7. The van der Waals surface area contributed by atoms with Crippen LogP contribution in [0.4, 0.5) is 5.69 Å². The number of ether oxygens (including phenoxy) is 3. The van der Waals surface area contributed by atoms with Gasteiger partial charge >= 0.3 is 5.97 Å². The summed E-state index contributed by atoms with van der Waals surface area (Å²) in [6.07, 6.45) is -0.942. The van der Waals surface area contributed by atoms with Gasteiger partial charge in [-0.3, -0.25) is 9.59 Å². The van der Waals surface area contributed by atoms with Crippen molar-refractivity contribution in [3.63, 3.8) is 0 Å². The van der Waals surface area contributed by atoms with Crippen molar-refractivity contribution in [3.05, 3.63) is 52.5 Å². The zero-order valence-corrected chi connectivity index (χ0v) is 17.1. The lowest BCUT2D eigenvalue weighted by Gasteiger charge is -2.16. The first-order chi connectivity index (χ1) is 13.3. The van der Waals surface area contributed by atoms with Crippen molar-refractivity contribution in [1.82, 2.24) is 0 Å². The Morgan fingerprint density at radius 1 is 1.11 bits per heavy atom. The van der Waals surface area contributed by atoms with E-state index in [1.165, 1.54) is 14.0 Å².